The molecule has 152 valence electrons. The lowest BCUT2D eigenvalue weighted by atomic mass is 10.0. The van der Waals surface area contributed by atoms with Gasteiger partial charge in [0.15, 0.2) is 0 Å². The maximum atomic E-state index is 2.38. The minimum absolute atomic E-state index is 1.18. The summed E-state index contributed by atoms with van der Waals surface area (Å²) in [5.74, 6) is 0. The van der Waals surface area contributed by atoms with Gasteiger partial charge in [-0.05, 0) is 59.5 Å². The Morgan fingerprint density at radius 3 is 1.91 bits per heavy atom. The standard InChI is InChI=1S/C31H23N/c1-22-14-16-24(17-15-22)26-18-19-31-29(21-26)28-12-5-6-13-30(28)32(31)27-11-7-10-25(20-27)23-8-3-2-4-9-23/h2-21H,1H3. The van der Waals surface area contributed by atoms with E-state index in [2.05, 4.69) is 133 Å². The Morgan fingerprint density at radius 2 is 1.06 bits per heavy atom. The van der Waals surface area contributed by atoms with Gasteiger partial charge in [0.1, 0.15) is 0 Å². The maximum absolute atomic E-state index is 2.38. The van der Waals surface area contributed by atoms with Crippen molar-refractivity contribution in [2.75, 3.05) is 0 Å². The van der Waals surface area contributed by atoms with Crippen LogP contribution in [0.5, 0.6) is 0 Å². The quantitative estimate of drug-likeness (QED) is 0.276. The average molecular weight is 410 g/mol. The summed E-state index contributed by atoms with van der Waals surface area (Å²) >= 11 is 0. The topological polar surface area (TPSA) is 4.93 Å². The van der Waals surface area contributed by atoms with Crippen molar-refractivity contribution in [3.8, 4) is 27.9 Å². The van der Waals surface area contributed by atoms with E-state index in [-0.39, 0.29) is 0 Å². The number of benzene rings is 5. The molecule has 0 bridgehead atoms. The number of hydrogen-bond donors (Lipinski definition) is 0. The summed E-state index contributed by atoms with van der Waals surface area (Å²) in [6, 6.07) is 43.7. The van der Waals surface area contributed by atoms with Crippen molar-refractivity contribution < 1.29 is 0 Å². The lowest BCUT2D eigenvalue weighted by molar-refractivity contribution is 1.18. The van der Waals surface area contributed by atoms with Gasteiger partial charge in [0.05, 0.1) is 11.0 Å². The highest BCUT2D eigenvalue weighted by atomic mass is 15.0. The number of para-hydroxylation sites is 1. The zero-order chi connectivity index (χ0) is 21.5. The highest BCUT2D eigenvalue weighted by Gasteiger charge is 2.13. The van der Waals surface area contributed by atoms with E-state index in [1.54, 1.807) is 0 Å². The van der Waals surface area contributed by atoms with Crippen molar-refractivity contribution in [1.29, 1.82) is 0 Å². The Balaban J connectivity index is 1.58. The second-order valence-corrected chi connectivity index (χ2v) is 8.37. The molecule has 6 rings (SSSR count). The first-order valence-corrected chi connectivity index (χ1v) is 11.0. The van der Waals surface area contributed by atoms with Gasteiger partial charge in [0, 0.05) is 16.5 Å². The van der Waals surface area contributed by atoms with Crippen molar-refractivity contribution >= 4 is 21.8 Å². The van der Waals surface area contributed by atoms with Crippen LogP contribution in [0.2, 0.25) is 0 Å². The van der Waals surface area contributed by atoms with Crippen LogP contribution in [0, 0.1) is 6.92 Å². The molecule has 0 saturated heterocycles. The number of aryl methyl sites for hydroxylation is 1. The maximum Gasteiger partial charge on any atom is 0.0541 e. The van der Waals surface area contributed by atoms with Crippen LogP contribution in [0.4, 0.5) is 0 Å². The van der Waals surface area contributed by atoms with Gasteiger partial charge < -0.3 is 4.57 Å². The first-order chi connectivity index (χ1) is 15.8. The first-order valence-electron chi connectivity index (χ1n) is 11.0. The summed E-state index contributed by atoms with van der Waals surface area (Å²) in [5, 5.41) is 2.56. The minimum Gasteiger partial charge on any atom is -0.309 e. The Hall–Kier alpha value is -4.10. The molecular weight excluding hydrogens is 386 g/mol. The number of aromatic nitrogens is 1. The first kappa shape index (κ1) is 18.7. The Bertz CT molecular complexity index is 1550. The van der Waals surface area contributed by atoms with Crippen LogP contribution >= 0.6 is 0 Å². The average Bonchev–Trinajstić information content (AvgIpc) is 3.19. The number of hydrogen-bond acceptors (Lipinski definition) is 0. The number of nitrogens with zero attached hydrogens (tertiary/aromatic N) is 1. The van der Waals surface area contributed by atoms with Crippen LogP contribution in [0.25, 0.3) is 49.7 Å². The normalized spacial score (nSPS) is 11.3. The second kappa shape index (κ2) is 7.55. The van der Waals surface area contributed by atoms with E-state index in [0.29, 0.717) is 0 Å². The smallest absolute Gasteiger partial charge is 0.0541 e. The van der Waals surface area contributed by atoms with E-state index in [9.17, 15) is 0 Å². The third-order valence-corrected chi connectivity index (χ3v) is 6.27. The SMILES string of the molecule is Cc1ccc(-c2ccc3c(c2)c2ccccc2n3-c2cccc(-c3ccccc3)c2)cc1. The molecule has 0 spiro atoms. The molecule has 6 aromatic rings. The zero-order valence-corrected chi connectivity index (χ0v) is 18.0. The van der Waals surface area contributed by atoms with Gasteiger partial charge in [-0.3, -0.25) is 0 Å². The van der Waals surface area contributed by atoms with Crippen LogP contribution in [0.1, 0.15) is 5.56 Å². The molecule has 1 heteroatoms. The lowest BCUT2D eigenvalue weighted by Crippen LogP contribution is -1.94. The molecule has 1 nitrogen and oxygen atoms in total. The van der Waals surface area contributed by atoms with Crippen molar-refractivity contribution in [2.24, 2.45) is 0 Å². The van der Waals surface area contributed by atoms with E-state index >= 15 is 0 Å². The Labute approximate surface area is 188 Å². The monoisotopic (exact) mass is 409 g/mol. The van der Waals surface area contributed by atoms with Gasteiger partial charge in [-0.2, -0.15) is 0 Å². The van der Waals surface area contributed by atoms with Gasteiger partial charge >= 0.3 is 0 Å². The summed E-state index contributed by atoms with van der Waals surface area (Å²) in [6.45, 7) is 2.13. The van der Waals surface area contributed by atoms with Crippen molar-refractivity contribution in [3.05, 3.63) is 127 Å². The van der Waals surface area contributed by atoms with Gasteiger partial charge in [-0.25, -0.2) is 0 Å². The van der Waals surface area contributed by atoms with Crippen LogP contribution < -0.4 is 0 Å². The Morgan fingerprint density at radius 1 is 0.438 bits per heavy atom. The molecule has 0 aliphatic rings. The third kappa shape index (κ3) is 3.11. The summed E-state index contributed by atoms with van der Waals surface area (Å²) in [7, 11) is 0. The van der Waals surface area contributed by atoms with Crippen LogP contribution in [-0.4, -0.2) is 4.57 Å². The highest BCUT2D eigenvalue weighted by Crippen LogP contribution is 2.35. The van der Waals surface area contributed by atoms with Crippen molar-refractivity contribution in [2.45, 2.75) is 6.92 Å². The molecule has 0 aliphatic carbocycles. The van der Waals surface area contributed by atoms with E-state index in [1.807, 2.05) is 0 Å². The second-order valence-electron chi connectivity index (χ2n) is 8.37. The van der Waals surface area contributed by atoms with E-state index in [1.165, 1.54) is 55.3 Å². The fraction of sp³-hybridized carbons (Fsp3) is 0.0323. The molecule has 0 aliphatic heterocycles. The van der Waals surface area contributed by atoms with E-state index < -0.39 is 0 Å². The van der Waals surface area contributed by atoms with Crippen LogP contribution in [0.15, 0.2) is 121 Å². The van der Waals surface area contributed by atoms with Gasteiger partial charge in [0.25, 0.3) is 0 Å². The Kier molecular flexibility index (Phi) is 4.40. The molecule has 0 fully saturated rings. The molecule has 0 amide bonds. The molecule has 0 radical (unpaired) electrons. The fourth-order valence-corrected chi connectivity index (χ4v) is 4.63. The van der Waals surface area contributed by atoms with Crippen LogP contribution in [-0.2, 0) is 0 Å². The van der Waals surface area contributed by atoms with Gasteiger partial charge in [-0.15, -0.1) is 0 Å². The van der Waals surface area contributed by atoms with E-state index in [0.717, 1.165) is 0 Å². The van der Waals surface area contributed by atoms with Crippen molar-refractivity contribution in [3.63, 3.8) is 0 Å². The number of rotatable bonds is 3. The summed E-state index contributed by atoms with van der Waals surface area (Å²) < 4.78 is 2.38. The molecule has 1 heterocycles. The highest BCUT2D eigenvalue weighted by molar-refractivity contribution is 6.10. The predicted octanol–water partition coefficient (Wildman–Crippen LogP) is 8.43. The molecule has 0 atom stereocenters. The van der Waals surface area contributed by atoms with E-state index in [4.69, 9.17) is 0 Å². The lowest BCUT2D eigenvalue weighted by Gasteiger charge is -2.11. The zero-order valence-electron chi connectivity index (χ0n) is 18.0. The van der Waals surface area contributed by atoms with Crippen molar-refractivity contribution in [1.82, 2.24) is 4.57 Å². The van der Waals surface area contributed by atoms with Gasteiger partial charge in [-0.1, -0.05) is 96.6 Å². The summed E-state index contributed by atoms with van der Waals surface area (Å²) in [6.07, 6.45) is 0. The van der Waals surface area contributed by atoms with Crippen LogP contribution in [0.3, 0.4) is 0 Å². The molecule has 32 heavy (non-hydrogen) atoms. The minimum atomic E-state index is 1.18. The summed E-state index contributed by atoms with van der Waals surface area (Å²) in [4.78, 5) is 0. The third-order valence-electron chi connectivity index (χ3n) is 6.27. The molecule has 1 aromatic heterocycles. The predicted molar refractivity (Wildman–Crippen MR) is 136 cm³/mol. The molecule has 5 aromatic carbocycles. The number of fused-ring (bicyclic) bond motifs is 3. The molecule has 0 N–H and O–H groups in total. The van der Waals surface area contributed by atoms with Gasteiger partial charge in [0.2, 0.25) is 0 Å². The fourth-order valence-electron chi connectivity index (χ4n) is 4.63. The molecular formula is C31H23N. The summed E-state index contributed by atoms with van der Waals surface area (Å²) in [5.41, 5.74) is 9.88. The molecule has 0 saturated carbocycles. The largest absolute Gasteiger partial charge is 0.309 e. The molecule has 0 unspecified atom stereocenters.